The van der Waals surface area contributed by atoms with Crippen LogP contribution < -0.4 is 15.8 Å². The molecule has 1 aromatic carbocycles. The van der Waals surface area contributed by atoms with Crippen LogP contribution in [0.15, 0.2) is 18.2 Å². The molecule has 3 N–H and O–H groups in total. The Kier molecular flexibility index (Phi) is 8.15. The van der Waals surface area contributed by atoms with Crippen molar-refractivity contribution in [1.82, 2.24) is 4.90 Å². The third-order valence-electron chi connectivity index (χ3n) is 3.86. The second-order valence-electron chi connectivity index (χ2n) is 5.89. The molecule has 25 heavy (non-hydrogen) atoms. The second kappa shape index (κ2) is 9.60. The van der Waals surface area contributed by atoms with Crippen LogP contribution in [-0.2, 0) is 9.53 Å². The number of rotatable bonds is 6. The Labute approximate surface area is 154 Å². The van der Waals surface area contributed by atoms with E-state index in [0.29, 0.717) is 36.6 Å². The molecule has 1 aromatic rings. The first-order valence-electron chi connectivity index (χ1n) is 8.11. The van der Waals surface area contributed by atoms with Crippen molar-refractivity contribution in [3.63, 3.8) is 0 Å². The number of anilines is 1. The van der Waals surface area contributed by atoms with Gasteiger partial charge in [-0.15, -0.1) is 12.4 Å². The van der Waals surface area contributed by atoms with E-state index in [1.807, 2.05) is 6.92 Å². The van der Waals surface area contributed by atoms with Crippen molar-refractivity contribution >= 4 is 29.9 Å². The molecule has 2 atom stereocenters. The Balaban J connectivity index is 0.00000312. The molecule has 0 radical (unpaired) electrons. The van der Waals surface area contributed by atoms with E-state index in [1.54, 1.807) is 32.3 Å². The van der Waals surface area contributed by atoms with Gasteiger partial charge in [0, 0.05) is 26.2 Å². The largest absolute Gasteiger partial charge is 0.492 e. The molecule has 140 valence electrons. The molecule has 0 spiro atoms. The van der Waals surface area contributed by atoms with Crippen molar-refractivity contribution in [3.05, 3.63) is 23.8 Å². The summed E-state index contributed by atoms with van der Waals surface area (Å²) < 4.78 is 11.2. The number of benzene rings is 1. The predicted octanol–water partition coefficient (Wildman–Crippen LogP) is 1.65. The highest BCUT2D eigenvalue weighted by atomic mass is 35.5. The van der Waals surface area contributed by atoms with Gasteiger partial charge in [-0.1, -0.05) is 0 Å². The minimum atomic E-state index is -0.504. The van der Waals surface area contributed by atoms with Gasteiger partial charge in [0.15, 0.2) is 0 Å². The molecule has 1 aliphatic heterocycles. The lowest BCUT2D eigenvalue weighted by Gasteiger charge is -2.17. The quantitative estimate of drug-likeness (QED) is 0.793. The maximum Gasteiger partial charge on any atom is 0.253 e. The first-order chi connectivity index (χ1) is 11.5. The third-order valence-corrected chi connectivity index (χ3v) is 3.86. The number of halogens is 1. The SMILES string of the molecule is CCOc1cc(C(=O)N(C)C)ccc1NC(=O)[C@@H]1CC[C@H](CN)O1.Cl. The van der Waals surface area contributed by atoms with Crippen LogP contribution >= 0.6 is 12.4 Å². The van der Waals surface area contributed by atoms with E-state index in [1.165, 1.54) is 4.90 Å². The van der Waals surface area contributed by atoms with E-state index >= 15 is 0 Å². The van der Waals surface area contributed by atoms with E-state index in [-0.39, 0.29) is 30.3 Å². The zero-order chi connectivity index (χ0) is 17.7. The van der Waals surface area contributed by atoms with Gasteiger partial charge in [-0.25, -0.2) is 0 Å². The van der Waals surface area contributed by atoms with Crippen LogP contribution in [0.4, 0.5) is 5.69 Å². The van der Waals surface area contributed by atoms with Crippen LogP contribution in [0.2, 0.25) is 0 Å². The van der Waals surface area contributed by atoms with Gasteiger partial charge in [-0.05, 0) is 38.0 Å². The molecular formula is C17H26ClN3O4. The highest BCUT2D eigenvalue weighted by Crippen LogP contribution is 2.28. The lowest BCUT2D eigenvalue weighted by atomic mass is 10.1. The summed E-state index contributed by atoms with van der Waals surface area (Å²) >= 11 is 0. The highest BCUT2D eigenvalue weighted by Gasteiger charge is 2.30. The maximum absolute atomic E-state index is 12.4. The normalized spacial score (nSPS) is 19.0. The van der Waals surface area contributed by atoms with Crippen LogP contribution in [-0.4, -0.2) is 56.2 Å². The Bertz CT molecular complexity index is 610. The van der Waals surface area contributed by atoms with E-state index in [2.05, 4.69) is 5.32 Å². The minimum Gasteiger partial charge on any atom is -0.492 e. The molecule has 0 saturated carbocycles. The number of hydrogen-bond donors (Lipinski definition) is 2. The Morgan fingerprint density at radius 1 is 1.36 bits per heavy atom. The Morgan fingerprint density at radius 2 is 2.08 bits per heavy atom. The molecule has 0 bridgehead atoms. The topological polar surface area (TPSA) is 93.9 Å². The summed E-state index contributed by atoms with van der Waals surface area (Å²) in [5.74, 6) is 0.115. The zero-order valence-electron chi connectivity index (χ0n) is 14.8. The molecule has 2 amide bonds. The molecule has 0 unspecified atom stereocenters. The van der Waals surface area contributed by atoms with Gasteiger partial charge in [0.05, 0.1) is 18.4 Å². The van der Waals surface area contributed by atoms with Crippen LogP contribution in [0.5, 0.6) is 5.75 Å². The lowest BCUT2D eigenvalue weighted by molar-refractivity contribution is -0.126. The number of carbonyl (C=O) groups is 2. The van der Waals surface area contributed by atoms with Crippen molar-refractivity contribution in [2.24, 2.45) is 5.73 Å². The van der Waals surface area contributed by atoms with Gasteiger partial charge in [0.25, 0.3) is 11.8 Å². The zero-order valence-corrected chi connectivity index (χ0v) is 15.6. The van der Waals surface area contributed by atoms with Gasteiger partial charge < -0.3 is 25.4 Å². The monoisotopic (exact) mass is 371 g/mol. The van der Waals surface area contributed by atoms with Crippen molar-refractivity contribution in [2.45, 2.75) is 32.0 Å². The number of hydrogen-bond acceptors (Lipinski definition) is 5. The van der Waals surface area contributed by atoms with E-state index in [0.717, 1.165) is 6.42 Å². The summed E-state index contributed by atoms with van der Waals surface area (Å²) in [5, 5.41) is 2.82. The lowest BCUT2D eigenvalue weighted by Crippen LogP contribution is -2.30. The minimum absolute atomic E-state index is 0. The number of amides is 2. The first kappa shape index (κ1) is 21.2. The summed E-state index contributed by atoms with van der Waals surface area (Å²) in [6, 6.07) is 4.98. The molecule has 1 saturated heterocycles. The molecule has 7 nitrogen and oxygen atoms in total. The fourth-order valence-corrected chi connectivity index (χ4v) is 2.58. The van der Waals surface area contributed by atoms with E-state index < -0.39 is 6.10 Å². The molecule has 0 aliphatic carbocycles. The van der Waals surface area contributed by atoms with Crippen molar-refractivity contribution in [1.29, 1.82) is 0 Å². The summed E-state index contributed by atoms with van der Waals surface area (Å²) in [7, 11) is 3.37. The Morgan fingerprint density at radius 3 is 2.64 bits per heavy atom. The third kappa shape index (κ3) is 5.32. The number of nitrogens with two attached hydrogens (primary N) is 1. The van der Waals surface area contributed by atoms with Crippen LogP contribution in [0.25, 0.3) is 0 Å². The summed E-state index contributed by atoms with van der Waals surface area (Å²) in [6.07, 6.45) is 0.862. The van der Waals surface area contributed by atoms with Crippen molar-refractivity contribution in [3.8, 4) is 5.75 Å². The molecule has 1 heterocycles. The van der Waals surface area contributed by atoms with Crippen molar-refractivity contribution in [2.75, 3.05) is 32.6 Å². The Hall–Kier alpha value is -1.83. The van der Waals surface area contributed by atoms with Gasteiger partial charge >= 0.3 is 0 Å². The van der Waals surface area contributed by atoms with Crippen LogP contribution in [0.3, 0.4) is 0 Å². The van der Waals surface area contributed by atoms with Gasteiger partial charge in [-0.2, -0.15) is 0 Å². The molecule has 8 heteroatoms. The van der Waals surface area contributed by atoms with Gasteiger partial charge in [0.1, 0.15) is 11.9 Å². The molecule has 0 aromatic heterocycles. The smallest absolute Gasteiger partial charge is 0.253 e. The highest BCUT2D eigenvalue weighted by molar-refractivity contribution is 5.98. The summed E-state index contributed by atoms with van der Waals surface area (Å²) in [5.41, 5.74) is 6.60. The standard InChI is InChI=1S/C17H25N3O4.ClH/c1-4-23-15-9-11(17(22)20(2)3)5-7-13(15)19-16(21)14-8-6-12(10-18)24-14;/h5,7,9,12,14H,4,6,8,10,18H2,1-3H3,(H,19,21);1H/t12-,14+;/m1./s1. The number of ether oxygens (including phenoxy) is 2. The average molecular weight is 372 g/mol. The first-order valence-corrected chi connectivity index (χ1v) is 8.11. The molecule has 1 fully saturated rings. The molecule has 2 rings (SSSR count). The maximum atomic E-state index is 12.4. The summed E-state index contributed by atoms with van der Waals surface area (Å²) in [4.78, 5) is 25.9. The fourth-order valence-electron chi connectivity index (χ4n) is 2.58. The van der Waals surface area contributed by atoms with Crippen LogP contribution in [0, 0.1) is 0 Å². The van der Waals surface area contributed by atoms with Gasteiger partial charge in [0.2, 0.25) is 0 Å². The number of carbonyl (C=O) groups excluding carboxylic acids is 2. The number of nitrogens with zero attached hydrogens (tertiary/aromatic N) is 1. The average Bonchev–Trinajstić information content (AvgIpc) is 3.05. The van der Waals surface area contributed by atoms with E-state index in [9.17, 15) is 9.59 Å². The fraction of sp³-hybridized carbons (Fsp3) is 0.529. The second-order valence-corrected chi connectivity index (χ2v) is 5.89. The van der Waals surface area contributed by atoms with Gasteiger partial charge in [-0.3, -0.25) is 9.59 Å². The summed E-state index contributed by atoms with van der Waals surface area (Å²) in [6.45, 7) is 2.69. The molecular weight excluding hydrogens is 346 g/mol. The molecule has 1 aliphatic rings. The van der Waals surface area contributed by atoms with E-state index in [4.69, 9.17) is 15.2 Å². The van der Waals surface area contributed by atoms with Crippen LogP contribution in [0.1, 0.15) is 30.1 Å². The predicted molar refractivity (Wildman–Crippen MR) is 98.5 cm³/mol. The van der Waals surface area contributed by atoms with Crippen molar-refractivity contribution < 1.29 is 19.1 Å². The number of nitrogens with one attached hydrogen (secondary N) is 1.